The van der Waals surface area contributed by atoms with E-state index in [-0.39, 0.29) is 23.6 Å². The molecule has 35 heavy (non-hydrogen) atoms. The van der Waals surface area contributed by atoms with Gasteiger partial charge >= 0.3 is 0 Å². The summed E-state index contributed by atoms with van der Waals surface area (Å²) in [7, 11) is 1.58. The van der Waals surface area contributed by atoms with Crippen molar-refractivity contribution in [2.45, 2.75) is 31.6 Å². The molecule has 4 rings (SSSR count). The fourth-order valence-electron chi connectivity index (χ4n) is 3.71. The van der Waals surface area contributed by atoms with Gasteiger partial charge < -0.3 is 19.9 Å². The summed E-state index contributed by atoms with van der Waals surface area (Å²) in [5, 5.41) is 17.3. The summed E-state index contributed by atoms with van der Waals surface area (Å²) in [6.45, 7) is 4.45. The van der Waals surface area contributed by atoms with E-state index >= 15 is 0 Å². The van der Waals surface area contributed by atoms with Crippen molar-refractivity contribution >= 4 is 40.0 Å². The van der Waals surface area contributed by atoms with Crippen molar-refractivity contribution in [2.24, 2.45) is 0 Å². The molecule has 0 radical (unpaired) electrons. The highest BCUT2D eigenvalue weighted by Gasteiger charge is 2.20. The topological polar surface area (TPSA) is 98.1 Å². The SMILES string of the molecule is CCn1c(SCC(=O)Nc2ccc3ccccc3c2)nnc1[C@H](C)NC(=O)c1ccc(OC)cc1. The van der Waals surface area contributed by atoms with Gasteiger partial charge in [0.05, 0.1) is 18.9 Å². The molecule has 0 aliphatic heterocycles. The monoisotopic (exact) mass is 489 g/mol. The molecule has 0 bridgehead atoms. The van der Waals surface area contributed by atoms with Crippen LogP contribution in [0.3, 0.4) is 0 Å². The van der Waals surface area contributed by atoms with E-state index in [0.29, 0.717) is 28.8 Å². The molecule has 0 saturated heterocycles. The Bertz CT molecular complexity index is 1340. The minimum absolute atomic E-state index is 0.127. The number of fused-ring (bicyclic) bond motifs is 1. The first-order valence-corrected chi connectivity index (χ1v) is 12.3. The van der Waals surface area contributed by atoms with Crippen molar-refractivity contribution in [3.8, 4) is 5.75 Å². The molecule has 0 saturated carbocycles. The average molecular weight is 490 g/mol. The van der Waals surface area contributed by atoms with Gasteiger partial charge in [-0.25, -0.2) is 0 Å². The minimum atomic E-state index is -0.363. The number of methoxy groups -OCH3 is 1. The molecule has 0 spiro atoms. The van der Waals surface area contributed by atoms with Crippen LogP contribution < -0.4 is 15.4 Å². The summed E-state index contributed by atoms with van der Waals surface area (Å²) in [5.74, 6) is 1.17. The Kier molecular flexibility index (Phi) is 7.67. The second kappa shape index (κ2) is 11.1. The fraction of sp³-hybridized carbons (Fsp3) is 0.231. The predicted molar refractivity (Wildman–Crippen MR) is 138 cm³/mol. The number of nitrogens with zero attached hydrogens (tertiary/aromatic N) is 3. The van der Waals surface area contributed by atoms with Crippen LogP contribution in [0.4, 0.5) is 5.69 Å². The minimum Gasteiger partial charge on any atom is -0.497 e. The number of amides is 2. The van der Waals surface area contributed by atoms with Gasteiger partial charge in [-0.05, 0) is 61.0 Å². The zero-order valence-electron chi connectivity index (χ0n) is 19.8. The number of aromatic nitrogens is 3. The van der Waals surface area contributed by atoms with Crippen LogP contribution in [0, 0.1) is 0 Å². The molecule has 1 heterocycles. The lowest BCUT2D eigenvalue weighted by molar-refractivity contribution is -0.113. The van der Waals surface area contributed by atoms with Crippen LogP contribution in [-0.2, 0) is 11.3 Å². The molecule has 8 nitrogen and oxygen atoms in total. The number of nitrogens with one attached hydrogen (secondary N) is 2. The van der Waals surface area contributed by atoms with Crippen molar-refractivity contribution in [3.05, 3.63) is 78.1 Å². The second-order valence-electron chi connectivity index (χ2n) is 7.91. The highest BCUT2D eigenvalue weighted by atomic mass is 32.2. The van der Waals surface area contributed by atoms with E-state index in [1.807, 2.05) is 60.9 Å². The lowest BCUT2D eigenvalue weighted by atomic mass is 10.1. The van der Waals surface area contributed by atoms with Crippen molar-refractivity contribution < 1.29 is 14.3 Å². The number of ether oxygens (including phenoxy) is 1. The van der Waals surface area contributed by atoms with E-state index < -0.39 is 0 Å². The van der Waals surface area contributed by atoms with Crippen LogP contribution in [0.5, 0.6) is 5.75 Å². The maximum Gasteiger partial charge on any atom is 0.251 e. The van der Waals surface area contributed by atoms with E-state index in [1.54, 1.807) is 31.4 Å². The number of benzene rings is 3. The Balaban J connectivity index is 1.37. The van der Waals surface area contributed by atoms with Gasteiger partial charge in [0, 0.05) is 17.8 Å². The Morgan fingerprint density at radius 1 is 1.03 bits per heavy atom. The summed E-state index contributed by atoms with van der Waals surface area (Å²) < 4.78 is 7.05. The second-order valence-corrected chi connectivity index (χ2v) is 8.85. The fourth-order valence-corrected chi connectivity index (χ4v) is 4.51. The standard InChI is InChI=1S/C26H27N5O3S/c1-4-31-24(17(2)27-25(33)19-10-13-22(34-3)14-11-19)29-30-26(31)35-16-23(32)28-21-12-9-18-7-5-6-8-20(18)15-21/h5-15,17H,4,16H2,1-3H3,(H,27,33)(H,28,32)/t17-/m0/s1. The molecule has 180 valence electrons. The molecule has 0 aliphatic rings. The van der Waals surface area contributed by atoms with Crippen LogP contribution >= 0.6 is 11.8 Å². The molecule has 9 heteroatoms. The van der Waals surface area contributed by atoms with Gasteiger partial charge in [0.25, 0.3) is 5.91 Å². The number of hydrogen-bond donors (Lipinski definition) is 2. The number of thioether (sulfide) groups is 1. The van der Waals surface area contributed by atoms with Crippen LogP contribution in [0.15, 0.2) is 71.9 Å². The van der Waals surface area contributed by atoms with Gasteiger partial charge in [-0.2, -0.15) is 0 Å². The van der Waals surface area contributed by atoms with Crippen molar-refractivity contribution in [1.82, 2.24) is 20.1 Å². The molecule has 2 amide bonds. The van der Waals surface area contributed by atoms with Crippen molar-refractivity contribution in [1.29, 1.82) is 0 Å². The van der Waals surface area contributed by atoms with Crippen LogP contribution in [0.2, 0.25) is 0 Å². The Morgan fingerprint density at radius 3 is 2.49 bits per heavy atom. The lowest BCUT2D eigenvalue weighted by Gasteiger charge is -2.15. The molecular weight excluding hydrogens is 462 g/mol. The first kappa shape index (κ1) is 24.3. The van der Waals surface area contributed by atoms with Gasteiger partial charge in [0.2, 0.25) is 5.91 Å². The van der Waals surface area contributed by atoms with Gasteiger partial charge in [0.15, 0.2) is 11.0 Å². The maximum atomic E-state index is 12.6. The molecule has 0 aliphatic carbocycles. The zero-order chi connectivity index (χ0) is 24.8. The van der Waals surface area contributed by atoms with Crippen LogP contribution in [0.1, 0.15) is 36.1 Å². The Labute approximate surface area is 208 Å². The van der Waals surface area contributed by atoms with Crippen molar-refractivity contribution in [3.63, 3.8) is 0 Å². The highest BCUT2D eigenvalue weighted by molar-refractivity contribution is 7.99. The number of rotatable bonds is 9. The van der Waals surface area contributed by atoms with Gasteiger partial charge in [0.1, 0.15) is 5.75 Å². The smallest absolute Gasteiger partial charge is 0.251 e. The summed E-state index contributed by atoms with van der Waals surface area (Å²) in [6.07, 6.45) is 0. The molecule has 1 aromatic heterocycles. The highest BCUT2D eigenvalue weighted by Crippen LogP contribution is 2.23. The molecule has 3 aromatic carbocycles. The summed E-state index contributed by atoms with van der Waals surface area (Å²) in [5.41, 5.74) is 1.28. The third-order valence-electron chi connectivity index (χ3n) is 5.51. The first-order chi connectivity index (χ1) is 17.0. The number of carbonyl (C=O) groups excluding carboxylic acids is 2. The number of carbonyl (C=O) groups is 2. The summed E-state index contributed by atoms with van der Waals surface area (Å²) in [4.78, 5) is 25.2. The van der Waals surface area contributed by atoms with Gasteiger partial charge in [-0.1, -0.05) is 42.1 Å². The number of anilines is 1. The maximum absolute atomic E-state index is 12.6. The zero-order valence-corrected chi connectivity index (χ0v) is 20.6. The average Bonchev–Trinajstić information content (AvgIpc) is 3.30. The largest absolute Gasteiger partial charge is 0.497 e. The lowest BCUT2D eigenvalue weighted by Crippen LogP contribution is -2.28. The molecule has 0 unspecified atom stereocenters. The summed E-state index contributed by atoms with van der Waals surface area (Å²) in [6, 6.07) is 20.4. The van der Waals surface area contributed by atoms with E-state index in [4.69, 9.17) is 4.74 Å². The summed E-state index contributed by atoms with van der Waals surface area (Å²) >= 11 is 1.31. The normalized spacial score (nSPS) is 11.7. The Hall–Kier alpha value is -3.85. The van der Waals surface area contributed by atoms with E-state index in [9.17, 15) is 9.59 Å². The van der Waals surface area contributed by atoms with Crippen LogP contribution in [-0.4, -0.2) is 39.4 Å². The predicted octanol–water partition coefficient (Wildman–Crippen LogP) is 4.68. The molecular formula is C26H27N5O3S. The first-order valence-electron chi connectivity index (χ1n) is 11.3. The molecule has 0 fully saturated rings. The molecule has 4 aromatic rings. The number of hydrogen-bond acceptors (Lipinski definition) is 6. The van der Waals surface area contributed by atoms with E-state index in [1.165, 1.54) is 11.8 Å². The molecule has 2 N–H and O–H groups in total. The van der Waals surface area contributed by atoms with Gasteiger partial charge in [-0.15, -0.1) is 10.2 Å². The third kappa shape index (κ3) is 5.81. The van der Waals surface area contributed by atoms with E-state index in [2.05, 4.69) is 20.8 Å². The van der Waals surface area contributed by atoms with Crippen LogP contribution in [0.25, 0.3) is 10.8 Å². The van der Waals surface area contributed by atoms with Crippen molar-refractivity contribution in [2.75, 3.05) is 18.2 Å². The van der Waals surface area contributed by atoms with E-state index in [0.717, 1.165) is 16.5 Å². The molecule has 1 atom stereocenters. The quantitative estimate of drug-likeness (QED) is 0.331. The van der Waals surface area contributed by atoms with Gasteiger partial charge in [-0.3, -0.25) is 9.59 Å². The third-order valence-corrected chi connectivity index (χ3v) is 6.48. The Morgan fingerprint density at radius 2 is 1.77 bits per heavy atom.